The molecule has 0 aliphatic heterocycles. The summed E-state index contributed by atoms with van der Waals surface area (Å²) in [5.41, 5.74) is 5.45. The van der Waals surface area contributed by atoms with E-state index >= 15 is 0 Å². The minimum absolute atomic E-state index is 0.0525. The predicted molar refractivity (Wildman–Crippen MR) is 90.3 cm³/mol. The van der Waals surface area contributed by atoms with Gasteiger partial charge in [-0.1, -0.05) is 6.07 Å². The number of benzene rings is 1. The van der Waals surface area contributed by atoms with Crippen LogP contribution in [0, 0.1) is 0 Å². The molecule has 1 aromatic carbocycles. The van der Waals surface area contributed by atoms with Gasteiger partial charge in [-0.2, -0.15) is 0 Å². The van der Waals surface area contributed by atoms with Crippen molar-refractivity contribution in [2.45, 2.75) is 32.2 Å². The molecule has 0 saturated carbocycles. The van der Waals surface area contributed by atoms with E-state index in [0.29, 0.717) is 12.1 Å². The molecule has 2 N–H and O–H groups in total. The normalized spacial score (nSPS) is 13.7. The summed E-state index contributed by atoms with van der Waals surface area (Å²) >= 11 is 0. The van der Waals surface area contributed by atoms with Crippen molar-refractivity contribution in [3.8, 4) is 0 Å². The molecule has 23 heavy (non-hydrogen) atoms. The van der Waals surface area contributed by atoms with E-state index in [1.165, 1.54) is 29.5 Å². The van der Waals surface area contributed by atoms with Crippen LogP contribution < -0.4 is 5.32 Å². The monoisotopic (exact) mass is 305 g/mol. The van der Waals surface area contributed by atoms with Crippen LogP contribution in [0.15, 0.2) is 42.6 Å². The highest BCUT2D eigenvalue weighted by molar-refractivity contribution is 5.99. The smallest absolute Gasteiger partial charge is 0.251 e. The molecule has 2 aromatic heterocycles. The number of carbonyl (C=O) groups excluding carboxylic acids is 1. The Labute approximate surface area is 134 Å². The maximum absolute atomic E-state index is 12.4. The second-order valence-corrected chi connectivity index (χ2v) is 6.05. The van der Waals surface area contributed by atoms with Crippen molar-refractivity contribution in [1.82, 2.24) is 15.3 Å². The number of carbonyl (C=O) groups is 1. The van der Waals surface area contributed by atoms with E-state index in [0.717, 1.165) is 24.1 Å². The first-order chi connectivity index (χ1) is 11.3. The maximum atomic E-state index is 12.4. The average molecular weight is 305 g/mol. The minimum atomic E-state index is -0.0525. The van der Waals surface area contributed by atoms with Gasteiger partial charge in [0.1, 0.15) is 0 Å². The van der Waals surface area contributed by atoms with Crippen LogP contribution in [0.3, 0.4) is 0 Å². The molecule has 1 aliphatic carbocycles. The summed E-state index contributed by atoms with van der Waals surface area (Å²) in [4.78, 5) is 20.1. The number of hydrogen-bond donors (Lipinski definition) is 2. The van der Waals surface area contributed by atoms with Gasteiger partial charge in [0.15, 0.2) is 0 Å². The number of aromatic nitrogens is 2. The molecule has 4 nitrogen and oxygen atoms in total. The molecule has 4 heteroatoms. The number of rotatable bonds is 3. The number of nitrogens with one attached hydrogen (secondary N) is 2. The van der Waals surface area contributed by atoms with Crippen molar-refractivity contribution < 1.29 is 4.79 Å². The summed E-state index contributed by atoms with van der Waals surface area (Å²) in [5.74, 6) is -0.0525. The van der Waals surface area contributed by atoms with E-state index in [4.69, 9.17) is 0 Å². The Hall–Kier alpha value is -2.62. The summed E-state index contributed by atoms with van der Waals surface area (Å²) in [5, 5.41) is 4.14. The predicted octanol–water partition coefficient (Wildman–Crippen LogP) is 3.37. The van der Waals surface area contributed by atoms with Crippen molar-refractivity contribution in [2.75, 3.05) is 0 Å². The first kappa shape index (κ1) is 14.0. The van der Waals surface area contributed by atoms with Crippen LogP contribution in [0.4, 0.5) is 0 Å². The number of H-pyrrole nitrogens is 1. The van der Waals surface area contributed by atoms with Crippen molar-refractivity contribution >= 4 is 16.8 Å². The Kier molecular flexibility index (Phi) is 3.58. The van der Waals surface area contributed by atoms with Crippen LogP contribution in [0.25, 0.3) is 10.9 Å². The quantitative estimate of drug-likeness (QED) is 0.779. The Morgan fingerprint density at radius 1 is 1.17 bits per heavy atom. The SMILES string of the molecule is O=C(NCc1ccccn1)c1ccc2[nH]c3c(c2c1)CCCC3. The van der Waals surface area contributed by atoms with Gasteiger partial charge in [0.25, 0.3) is 5.91 Å². The number of aromatic amines is 1. The van der Waals surface area contributed by atoms with Crippen molar-refractivity contribution in [2.24, 2.45) is 0 Å². The fourth-order valence-corrected chi connectivity index (χ4v) is 3.32. The molecular formula is C19H19N3O. The molecule has 2 heterocycles. The number of nitrogens with zero attached hydrogens (tertiary/aromatic N) is 1. The maximum Gasteiger partial charge on any atom is 0.251 e. The number of pyridine rings is 1. The molecule has 0 saturated heterocycles. The van der Waals surface area contributed by atoms with E-state index in [1.54, 1.807) is 6.20 Å². The topological polar surface area (TPSA) is 57.8 Å². The Bertz CT molecular complexity index is 852. The highest BCUT2D eigenvalue weighted by Crippen LogP contribution is 2.29. The average Bonchev–Trinajstić information content (AvgIpc) is 2.98. The van der Waals surface area contributed by atoms with Crippen LogP contribution in [0.1, 0.15) is 40.2 Å². The lowest BCUT2D eigenvalue weighted by atomic mass is 9.95. The number of hydrogen-bond acceptors (Lipinski definition) is 2. The van der Waals surface area contributed by atoms with Crippen LogP contribution in [0.5, 0.6) is 0 Å². The first-order valence-corrected chi connectivity index (χ1v) is 8.13. The van der Waals surface area contributed by atoms with Gasteiger partial charge < -0.3 is 10.3 Å². The summed E-state index contributed by atoms with van der Waals surface area (Å²) in [7, 11) is 0. The lowest BCUT2D eigenvalue weighted by Crippen LogP contribution is -2.23. The van der Waals surface area contributed by atoms with Gasteiger partial charge >= 0.3 is 0 Å². The molecule has 0 unspecified atom stereocenters. The highest BCUT2D eigenvalue weighted by atomic mass is 16.1. The zero-order valence-corrected chi connectivity index (χ0v) is 12.9. The summed E-state index contributed by atoms with van der Waals surface area (Å²) < 4.78 is 0. The molecule has 0 fully saturated rings. The fourth-order valence-electron chi connectivity index (χ4n) is 3.32. The van der Waals surface area contributed by atoms with Crippen molar-refractivity contribution in [3.05, 3.63) is 65.1 Å². The zero-order chi connectivity index (χ0) is 15.6. The highest BCUT2D eigenvalue weighted by Gasteiger charge is 2.16. The van der Waals surface area contributed by atoms with Gasteiger partial charge in [0.05, 0.1) is 12.2 Å². The van der Waals surface area contributed by atoms with E-state index in [9.17, 15) is 4.79 Å². The first-order valence-electron chi connectivity index (χ1n) is 8.13. The summed E-state index contributed by atoms with van der Waals surface area (Å²) in [6.45, 7) is 0.447. The van der Waals surface area contributed by atoms with Gasteiger partial charge in [0, 0.05) is 28.4 Å². The molecule has 116 valence electrons. The van der Waals surface area contributed by atoms with Crippen LogP contribution >= 0.6 is 0 Å². The van der Waals surface area contributed by atoms with Crippen LogP contribution in [-0.2, 0) is 19.4 Å². The van der Waals surface area contributed by atoms with E-state index in [-0.39, 0.29) is 5.91 Å². The van der Waals surface area contributed by atoms with E-state index < -0.39 is 0 Å². The van der Waals surface area contributed by atoms with E-state index in [1.807, 2.05) is 36.4 Å². The molecule has 1 amide bonds. The third-order valence-electron chi connectivity index (χ3n) is 4.52. The largest absolute Gasteiger partial charge is 0.358 e. The Morgan fingerprint density at radius 3 is 2.96 bits per heavy atom. The number of aryl methyl sites for hydroxylation is 2. The van der Waals surface area contributed by atoms with Gasteiger partial charge in [-0.15, -0.1) is 0 Å². The van der Waals surface area contributed by atoms with Crippen LogP contribution in [0.2, 0.25) is 0 Å². The standard InChI is InChI=1S/C19H19N3O/c23-19(21-12-14-5-3-4-10-20-14)13-8-9-18-16(11-13)15-6-1-2-7-17(15)22-18/h3-5,8-11,22H,1-2,6-7,12H2,(H,21,23). The molecular weight excluding hydrogens is 286 g/mol. The summed E-state index contributed by atoms with van der Waals surface area (Å²) in [6.07, 6.45) is 6.44. The second kappa shape index (κ2) is 5.88. The molecule has 0 radical (unpaired) electrons. The Morgan fingerprint density at radius 2 is 2.09 bits per heavy atom. The zero-order valence-electron chi connectivity index (χ0n) is 12.9. The lowest BCUT2D eigenvalue weighted by molar-refractivity contribution is 0.0950. The second-order valence-electron chi connectivity index (χ2n) is 6.05. The van der Waals surface area contributed by atoms with Gasteiger partial charge in [-0.3, -0.25) is 9.78 Å². The molecule has 0 bridgehead atoms. The van der Waals surface area contributed by atoms with Gasteiger partial charge in [-0.25, -0.2) is 0 Å². The van der Waals surface area contributed by atoms with Crippen molar-refractivity contribution in [1.29, 1.82) is 0 Å². The van der Waals surface area contributed by atoms with Crippen LogP contribution in [-0.4, -0.2) is 15.9 Å². The third kappa shape index (κ3) is 2.72. The molecule has 0 atom stereocenters. The lowest BCUT2D eigenvalue weighted by Gasteiger charge is -2.10. The molecule has 0 spiro atoms. The molecule has 1 aliphatic rings. The van der Waals surface area contributed by atoms with Gasteiger partial charge in [-0.05, 0) is 61.6 Å². The minimum Gasteiger partial charge on any atom is -0.358 e. The number of fused-ring (bicyclic) bond motifs is 3. The van der Waals surface area contributed by atoms with Crippen molar-refractivity contribution in [3.63, 3.8) is 0 Å². The summed E-state index contributed by atoms with van der Waals surface area (Å²) in [6, 6.07) is 11.6. The van der Waals surface area contributed by atoms with Gasteiger partial charge in [0.2, 0.25) is 0 Å². The molecule has 4 rings (SSSR count). The third-order valence-corrected chi connectivity index (χ3v) is 4.52. The van der Waals surface area contributed by atoms with E-state index in [2.05, 4.69) is 15.3 Å². The molecule has 3 aromatic rings. The number of amides is 1. The fraction of sp³-hybridized carbons (Fsp3) is 0.263. The Balaban J connectivity index is 1.57.